The molecule has 0 unspecified atom stereocenters. The number of amides is 2. The lowest BCUT2D eigenvalue weighted by molar-refractivity contribution is 0.0537. The summed E-state index contributed by atoms with van der Waals surface area (Å²) in [6.07, 6.45) is 5.28. The molecule has 4 aromatic rings. The highest BCUT2D eigenvalue weighted by molar-refractivity contribution is 5.99. The zero-order valence-electron chi connectivity index (χ0n) is 19.5. The van der Waals surface area contributed by atoms with Gasteiger partial charge in [-0.2, -0.15) is 0 Å². The molecule has 2 aromatic heterocycles. The van der Waals surface area contributed by atoms with Crippen LogP contribution in [0.3, 0.4) is 0 Å². The molecule has 2 aromatic carbocycles. The highest BCUT2D eigenvalue weighted by Gasteiger charge is 2.19. The van der Waals surface area contributed by atoms with E-state index in [1.807, 2.05) is 61.6 Å². The number of nitrogens with zero attached hydrogens (tertiary/aromatic N) is 2. The van der Waals surface area contributed by atoms with E-state index >= 15 is 0 Å². The fourth-order valence-corrected chi connectivity index (χ4v) is 3.88. The van der Waals surface area contributed by atoms with Gasteiger partial charge in [0.1, 0.15) is 0 Å². The molecule has 0 aliphatic heterocycles. The highest BCUT2D eigenvalue weighted by Crippen LogP contribution is 2.28. The van der Waals surface area contributed by atoms with Gasteiger partial charge in [-0.1, -0.05) is 36.4 Å². The average Bonchev–Trinajstić information content (AvgIpc) is 3.18. The third-order valence-corrected chi connectivity index (χ3v) is 5.78. The van der Waals surface area contributed by atoms with Crippen LogP contribution in [-0.4, -0.2) is 28.3 Å². The van der Waals surface area contributed by atoms with Crippen LogP contribution in [0.15, 0.2) is 67.1 Å². The average molecular weight is 458 g/mol. The maximum atomic E-state index is 13.1. The largest absolute Gasteiger partial charge is 0.345 e. The SMILES string of the molecule is CONC(=O)c1ccc(C)c(Nc2nccn3cc(C(=O)N[C@@H](C)c4ccccc4)c(C)c23)c1. The van der Waals surface area contributed by atoms with Crippen LogP contribution in [0.25, 0.3) is 5.52 Å². The zero-order valence-corrected chi connectivity index (χ0v) is 19.5. The van der Waals surface area contributed by atoms with Crippen molar-refractivity contribution in [3.8, 4) is 0 Å². The van der Waals surface area contributed by atoms with Gasteiger partial charge in [-0.15, -0.1) is 0 Å². The minimum atomic E-state index is -0.345. The molecule has 0 aliphatic carbocycles. The molecule has 34 heavy (non-hydrogen) atoms. The first-order chi connectivity index (χ1) is 16.4. The first-order valence-corrected chi connectivity index (χ1v) is 10.9. The lowest BCUT2D eigenvalue weighted by Gasteiger charge is -2.14. The summed E-state index contributed by atoms with van der Waals surface area (Å²) in [6.45, 7) is 5.80. The molecule has 0 saturated heterocycles. The Morgan fingerprint density at radius 1 is 1.06 bits per heavy atom. The molecule has 0 radical (unpaired) electrons. The quantitative estimate of drug-likeness (QED) is 0.356. The minimum absolute atomic E-state index is 0.129. The Kier molecular flexibility index (Phi) is 6.60. The summed E-state index contributed by atoms with van der Waals surface area (Å²) < 4.78 is 1.88. The van der Waals surface area contributed by atoms with Crippen molar-refractivity contribution in [1.82, 2.24) is 20.2 Å². The van der Waals surface area contributed by atoms with Crippen LogP contribution in [0.1, 0.15) is 50.4 Å². The molecule has 2 amide bonds. The fraction of sp³-hybridized carbons (Fsp3) is 0.192. The number of carbonyl (C=O) groups excluding carboxylic acids is 2. The molecule has 2 heterocycles. The van der Waals surface area contributed by atoms with E-state index in [4.69, 9.17) is 4.84 Å². The third kappa shape index (κ3) is 4.62. The van der Waals surface area contributed by atoms with Crippen molar-refractivity contribution >= 4 is 28.8 Å². The number of aryl methyl sites for hydroxylation is 2. The molecule has 0 bridgehead atoms. The Hall–Kier alpha value is -4.17. The smallest absolute Gasteiger partial charge is 0.274 e. The van der Waals surface area contributed by atoms with Crippen LogP contribution in [0.4, 0.5) is 11.5 Å². The van der Waals surface area contributed by atoms with Crippen LogP contribution in [0.5, 0.6) is 0 Å². The molecule has 8 heteroatoms. The predicted molar refractivity (Wildman–Crippen MR) is 131 cm³/mol. The van der Waals surface area contributed by atoms with Crippen LogP contribution < -0.4 is 16.1 Å². The van der Waals surface area contributed by atoms with Crippen LogP contribution in [-0.2, 0) is 4.84 Å². The number of hydrogen-bond acceptors (Lipinski definition) is 5. The van der Waals surface area contributed by atoms with Gasteiger partial charge < -0.3 is 15.0 Å². The molecule has 0 fully saturated rings. The Balaban J connectivity index is 1.64. The summed E-state index contributed by atoms with van der Waals surface area (Å²) >= 11 is 0. The molecule has 0 aliphatic rings. The number of aromatic nitrogens is 2. The summed E-state index contributed by atoms with van der Waals surface area (Å²) in [5.41, 5.74) is 7.64. The molecule has 4 rings (SSSR count). The van der Waals surface area contributed by atoms with Gasteiger partial charge in [0.05, 0.1) is 24.2 Å². The Labute approximate surface area is 197 Å². The molecule has 3 N–H and O–H groups in total. The monoisotopic (exact) mass is 457 g/mol. The Morgan fingerprint density at radius 3 is 2.56 bits per heavy atom. The van der Waals surface area contributed by atoms with Gasteiger partial charge in [-0.05, 0) is 49.6 Å². The fourth-order valence-electron chi connectivity index (χ4n) is 3.88. The summed E-state index contributed by atoms with van der Waals surface area (Å²) in [5.74, 6) is 0.0857. The Bertz CT molecular complexity index is 1350. The number of anilines is 2. The molecular weight excluding hydrogens is 430 g/mol. The van der Waals surface area contributed by atoms with Crippen LogP contribution >= 0.6 is 0 Å². The standard InChI is InChI=1S/C26H27N5O3/c1-16-10-11-20(25(32)30-34-4)14-22(16)29-24-23-17(2)21(15-31(23)13-12-27-24)26(33)28-18(3)19-8-6-5-7-9-19/h5-15,18H,1-4H3,(H,27,29)(H,28,33)(H,30,32)/t18-/m0/s1. The molecular formula is C26H27N5O3. The summed E-state index contributed by atoms with van der Waals surface area (Å²) in [7, 11) is 1.39. The first-order valence-electron chi connectivity index (χ1n) is 10.9. The molecule has 8 nitrogen and oxygen atoms in total. The third-order valence-electron chi connectivity index (χ3n) is 5.78. The lowest BCUT2D eigenvalue weighted by atomic mass is 10.1. The summed E-state index contributed by atoms with van der Waals surface area (Å²) in [5, 5.41) is 6.40. The van der Waals surface area contributed by atoms with E-state index < -0.39 is 0 Å². The van der Waals surface area contributed by atoms with E-state index in [2.05, 4.69) is 21.1 Å². The summed E-state index contributed by atoms with van der Waals surface area (Å²) in [6, 6.07) is 15.0. The van der Waals surface area contributed by atoms with Crippen molar-refractivity contribution in [3.63, 3.8) is 0 Å². The van der Waals surface area contributed by atoms with Crippen molar-refractivity contribution in [2.24, 2.45) is 0 Å². The van der Waals surface area contributed by atoms with E-state index in [1.54, 1.807) is 30.7 Å². The van der Waals surface area contributed by atoms with Crippen molar-refractivity contribution in [2.45, 2.75) is 26.8 Å². The number of rotatable bonds is 7. The van der Waals surface area contributed by atoms with E-state index in [0.29, 0.717) is 16.9 Å². The van der Waals surface area contributed by atoms with Gasteiger partial charge in [-0.3, -0.25) is 14.4 Å². The van der Waals surface area contributed by atoms with Crippen LogP contribution in [0, 0.1) is 13.8 Å². The molecule has 0 spiro atoms. The van der Waals surface area contributed by atoms with Gasteiger partial charge in [-0.25, -0.2) is 10.5 Å². The van der Waals surface area contributed by atoms with E-state index in [9.17, 15) is 9.59 Å². The van der Waals surface area contributed by atoms with E-state index in [0.717, 1.165) is 27.9 Å². The topological polar surface area (TPSA) is 96.8 Å². The molecule has 174 valence electrons. The van der Waals surface area contributed by atoms with Crippen LogP contribution in [0.2, 0.25) is 0 Å². The van der Waals surface area contributed by atoms with E-state index in [1.165, 1.54) is 7.11 Å². The maximum Gasteiger partial charge on any atom is 0.274 e. The van der Waals surface area contributed by atoms with Crippen molar-refractivity contribution in [3.05, 3.63) is 94.9 Å². The lowest BCUT2D eigenvalue weighted by Crippen LogP contribution is -2.26. The number of fused-ring (bicyclic) bond motifs is 1. The second kappa shape index (κ2) is 9.76. The van der Waals surface area contributed by atoms with Gasteiger partial charge in [0, 0.05) is 29.8 Å². The van der Waals surface area contributed by atoms with E-state index in [-0.39, 0.29) is 17.9 Å². The Morgan fingerprint density at radius 2 is 1.82 bits per heavy atom. The molecule has 1 atom stereocenters. The van der Waals surface area contributed by atoms with Gasteiger partial charge in [0.15, 0.2) is 5.82 Å². The van der Waals surface area contributed by atoms with Gasteiger partial charge in [0.2, 0.25) is 0 Å². The van der Waals surface area contributed by atoms with Gasteiger partial charge >= 0.3 is 0 Å². The number of nitrogens with one attached hydrogen (secondary N) is 3. The summed E-state index contributed by atoms with van der Waals surface area (Å²) in [4.78, 5) is 34.5. The zero-order chi connectivity index (χ0) is 24.2. The van der Waals surface area contributed by atoms with Gasteiger partial charge in [0.25, 0.3) is 11.8 Å². The number of carbonyl (C=O) groups is 2. The highest BCUT2D eigenvalue weighted by atomic mass is 16.6. The minimum Gasteiger partial charge on any atom is -0.345 e. The van der Waals surface area contributed by atoms with Crippen molar-refractivity contribution in [2.75, 3.05) is 12.4 Å². The first kappa shape index (κ1) is 23.0. The second-order valence-electron chi connectivity index (χ2n) is 8.10. The number of hydroxylamine groups is 1. The number of benzene rings is 2. The van der Waals surface area contributed by atoms with Crippen molar-refractivity contribution in [1.29, 1.82) is 0 Å². The predicted octanol–water partition coefficient (Wildman–Crippen LogP) is 4.48. The maximum absolute atomic E-state index is 13.1. The molecule has 0 saturated carbocycles. The second-order valence-corrected chi connectivity index (χ2v) is 8.10. The van der Waals surface area contributed by atoms with Crippen molar-refractivity contribution < 1.29 is 14.4 Å². The normalized spacial score (nSPS) is 11.8. The number of hydrogen-bond donors (Lipinski definition) is 3.